The van der Waals surface area contributed by atoms with Gasteiger partial charge in [0.25, 0.3) is 0 Å². The van der Waals surface area contributed by atoms with Crippen LogP contribution in [0.3, 0.4) is 0 Å². The Labute approximate surface area is 69.9 Å². The van der Waals surface area contributed by atoms with Gasteiger partial charge in [0.1, 0.15) is 6.04 Å². The van der Waals surface area contributed by atoms with Crippen molar-refractivity contribution in [1.82, 2.24) is 4.90 Å². The highest BCUT2D eigenvalue weighted by Crippen LogP contribution is 2.16. The number of hydrogen-bond acceptors (Lipinski definition) is 4. The van der Waals surface area contributed by atoms with Crippen molar-refractivity contribution in [2.75, 3.05) is 13.1 Å². The van der Waals surface area contributed by atoms with E-state index in [4.69, 9.17) is 5.26 Å². The molecule has 1 rings (SSSR count). The van der Waals surface area contributed by atoms with Crippen molar-refractivity contribution >= 4 is 5.91 Å². The van der Waals surface area contributed by atoms with Crippen LogP contribution in [0.5, 0.6) is 0 Å². The maximum Gasteiger partial charge on any atom is 0.248 e. The zero-order chi connectivity index (χ0) is 8.97. The zero-order valence-electron chi connectivity index (χ0n) is 6.56. The number of carbonyl (C=O) groups excluding carboxylic acids is 1. The van der Waals surface area contributed by atoms with Crippen LogP contribution >= 0.6 is 0 Å². The molecule has 5 heteroatoms. The highest BCUT2D eigenvalue weighted by Gasteiger charge is 2.28. The van der Waals surface area contributed by atoms with E-state index in [9.17, 15) is 9.70 Å². The van der Waals surface area contributed by atoms with Crippen molar-refractivity contribution in [3.8, 4) is 6.07 Å². The number of nitrogens with zero attached hydrogens (tertiary/aromatic N) is 3. The fourth-order valence-corrected chi connectivity index (χ4v) is 1.35. The number of amides is 1. The summed E-state index contributed by atoms with van der Waals surface area (Å²) in [7, 11) is 0. The Balaban J connectivity index is 2.56. The van der Waals surface area contributed by atoms with Gasteiger partial charge in [-0.1, -0.05) is 5.18 Å². The third-order valence-electron chi connectivity index (χ3n) is 1.92. The molecule has 0 N–H and O–H groups in total. The van der Waals surface area contributed by atoms with E-state index in [1.807, 2.05) is 6.07 Å². The van der Waals surface area contributed by atoms with Gasteiger partial charge in [-0.2, -0.15) is 10.2 Å². The van der Waals surface area contributed by atoms with E-state index in [0.717, 1.165) is 6.42 Å². The predicted octanol–water partition coefficient (Wildman–Crippen LogP) is 0.267. The van der Waals surface area contributed by atoms with E-state index in [1.54, 1.807) is 0 Å². The topological polar surface area (TPSA) is 73.5 Å². The quantitative estimate of drug-likeness (QED) is 0.554. The van der Waals surface area contributed by atoms with E-state index >= 15 is 0 Å². The first kappa shape index (κ1) is 8.65. The van der Waals surface area contributed by atoms with E-state index in [2.05, 4.69) is 5.18 Å². The average molecular weight is 167 g/mol. The Hall–Kier alpha value is -1.44. The second-order valence-electron chi connectivity index (χ2n) is 2.66. The maximum atomic E-state index is 11.1. The molecule has 0 bridgehead atoms. The summed E-state index contributed by atoms with van der Waals surface area (Å²) in [6, 6.07) is 1.67. The summed E-state index contributed by atoms with van der Waals surface area (Å²) in [5.41, 5.74) is 0. The van der Waals surface area contributed by atoms with E-state index in [1.165, 1.54) is 4.90 Å². The molecule has 0 radical (unpaired) electrons. The highest BCUT2D eigenvalue weighted by atomic mass is 16.3. The van der Waals surface area contributed by atoms with E-state index in [-0.39, 0.29) is 18.5 Å². The smallest absolute Gasteiger partial charge is 0.248 e. The first-order valence-electron chi connectivity index (χ1n) is 3.78. The second-order valence-corrected chi connectivity index (χ2v) is 2.66. The molecule has 0 spiro atoms. The first-order chi connectivity index (χ1) is 5.79. The molecule has 0 aromatic carbocycles. The monoisotopic (exact) mass is 167 g/mol. The van der Waals surface area contributed by atoms with Crippen molar-refractivity contribution in [3.63, 3.8) is 0 Å². The molecular weight excluding hydrogens is 158 g/mol. The zero-order valence-corrected chi connectivity index (χ0v) is 6.56. The third kappa shape index (κ3) is 1.59. The lowest BCUT2D eigenvalue weighted by Crippen LogP contribution is -2.35. The summed E-state index contributed by atoms with van der Waals surface area (Å²) in [6.07, 6.45) is 1.55. The van der Waals surface area contributed by atoms with Gasteiger partial charge in [0, 0.05) is 6.54 Å². The lowest BCUT2D eigenvalue weighted by Gasteiger charge is -2.17. The third-order valence-corrected chi connectivity index (χ3v) is 1.92. The van der Waals surface area contributed by atoms with Crippen molar-refractivity contribution < 1.29 is 4.79 Å². The molecule has 12 heavy (non-hydrogen) atoms. The van der Waals surface area contributed by atoms with Gasteiger partial charge < -0.3 is 4.90 Å². The highest BCUT2D eigenvalue weighted by molar-refractivity contribution is 5.79. The Morgan fingerprint density at radius 2 is 2.50 bits per heavy atom. The van der Waals surface area contributed by atoms with Gasteiger partial charge in [-0.05, 0) is 12.8 Å². The molecule has 0 saturated carbocycles. The number of likely N-dealkylation sites (tertiary alicyclic amines) is 1. The lowest BCUT2D eigenvalue weighted by atomic mass is 10.2. The maximum absolute atomic E-state index is 11.1. The van der Waals surface area contributed by atoms with Crippen LogP contribution in [0.15, 0.2) is 5.18 Å². The van der Waals surface area contributed by atoms with Crippen molar-refractivity contribution in [1.29, 1.82) is 5.26 Å². The molecule has 1 aliphatic rings. The number of hydrogen-bond donors (Lipinski definition) is 0. The van der Waals surface area contributed by atoms with E-state index < -0.39 is 0 Å². The molecule has 64 valence electrons. The second kappa shape index (κ2) is 3.81. The molecule has 0 unspecified atom stereocenters. The number of carbonyl (C=O) groups is 1. The van der Waals surface area contributed by atoms with Crippen LogP contribution in [0.2, 0.25) is 0 Å². The van der Waals surface area contributed by atoms with Crippen LogP contribution in [-0.2, 0) is 4.79 Å². The summed E-state index contributed by atoms with van der Waals surface area (Å²) >= 11 is 0. The molecule has 0 aliphatic carbocycles. The van der Waals surface area contributed by atoms with E-state index in [0.29, 0.717) is 13.0 Å². The molecule has 1 saturated heterocycles. The van der Waals surface area contributed by atoms with Crippen LogP contribution in [-0.4, -0.2) is 29.9 Å². The van der Waals surface area contributed by atoms with Gasteiger partial charge in [-0.15, -0.1) is 0 Å². The molecule has 1 fully saturated rings. The summed E-state index contributed by atoms with van der Waals surface area (Å²) < 4.78 is 0. The molecule has 5 nitrogen and oxygen atoms in total. The SMILES string of the molecule is N#C[C@@H]1CCCN1C(=O)CN=O. The van der Waals surface area contributed by atoms with Gasteiger partial charge in [0.15, 0.2) is 6.54 Å². The predicted molar refractivity (Wildman–Crippen MR) is 41.0 cm³/mol. The summed E-state index contributed by atoms with van der Waals surface area (Å²) in [5.74, 6) is -0.339. The number of nitroso groups, excluding NO2 is 1. The van der Waals surface area contributed by atoms with Gasteiger partial charge in [-0.3, -0.25) is 4.79 Å². The van der Waals surface area contributed by atoms with Crippen LogP contribution in [0, 0.1) is 16.2 Å². The van der Waals surface area contributed by atoms with Crippen LogP contribution < -0.4 is 0 Å². The molecule has 0 aromatic rings. The Morgan fingerprint density at radius 3 is 3.08 bits per heavy atom. The fourth-order valence-electron chi connectivity index (χ4n) is 1.35. The summed E-state index contributed by atoms with van der Waals surface area (Å²) in [6.45, 7) is 0.227. The Bertz CT molecular complexity index is 233. The molecule has 1 heterocycles. The molecule has 1 aliphatic heterocycles. The van der Waals surface area contributed by atoms with Crippen LogP contribution in [0.1, 0.15) is 12.8 Å². The van der Waals surface area contributed by atoms with Crippen molar-refractivity contribution in [2.45, 2.75) is 18.9 Å². The number of nitriles is 1. The molecule has 1 atom stereocenters. The van der Waals surface area contributed by atoms with Crippen molar-refractivity contribution in [2.24, 2.45) is 5.18 Å². The Morgan fingerprint density at radius 1 is 1.75 bits per heavy atom. The Kier molecular flexibility index (Phi) is 2.75. The summed E-state index contributed by atoms with van der Waals surface area (Å²) in [4.78, 5) is 22.3. The van der Waals surface area contributed by atoms with Crippen LogP contribution in [0.25, 0.3) is 0 Å². The van der Waals surface area contributed by atoms with Gasteiger partial charge >= 0.3 is 0 Å². The molecular formula is C7H9N3O2. The van der Waals surface area contributed by atoms with Crippen molar-refractivity contribution in [3.05, 3.63) is 4.91 Å². The molecule has 1 amide bonds. The fraction of sp³-hybridized carbons (Fsp3) is 0.714. The normalized spacial score (nSPS) is 21.9. The molecule has 0 aromatic heterocycles. The van der Waals surface area contributed by atoms with Crippen LogP contribution in [0.4, 0.5) is 0 Å². The van der Waals surface area contributed by atoms with Gasteiger partial charge in [-0.25, -0.2) is 0 Å². The largest absolute Gasteiger partial charge is 0.325 e. The van der Waals surface area contributed by atoms with Gasteiger partial charge in [0.05, 0.1) is 6.07 Å². The standard InChI is InChI=1S/C7H9N3O2/c8-4-6-2-1-3-10(6)7(11)5-9-12/h6H,1-3,5H2/t6-/m0/s1. The lowest BCUT2D eigenvalue weighted by molar-refractivity contribution is -0.129. The minimum atomic E-state index is -0.349. The average Bonchev–Trinajstić information content (AvgIpc) is 2.51. The first-order valence-corrected chi connectivity index (χ1v) is 3.78. The number of rotatable bonds is 2. The minimum absolute atomic E-state index is 0.339. The summed E-state index contributed by atoms with van der Waals surface area (Å²) in [5, 5.41) is 11.1. The minimum Gasteiger partial charge on any atom is -0.325 e. The van der Waals surface area contributed by atoms with Gasteiger partial charge in [0.2, 0.25) is 5.91 Å².